The highest BCUT2D eigenvalue weighted by atomic mass is 35.5. The normalized spacial score (nSPS) is 21.5. The lowest BCUT2D eigenvalue weighted by molar-refractivity contribution is 0.613. The Hall–Kier alpha value is -1.84. The fraction of sp³-hybridized carbons (Fsp3) is 0.300. The molecule has 0 amide bonds. The first kappa shape index (κ1) is 18.0. The maximum atomic E-state index is 6.21. The smallest absolute Gasteiger partial charge is 0.123 e. The van der Waals surface area contributed by atoms with Crippen LogP contribution in [-0.4, -0.2) is 30.5 Å². The van der Waals surface area contributed by atoms with Crippen LogP contribution in [0.25, 0.3) is 0 Å². The Kier molecular flexibility index (Phi) is 4.90. The molecule has 1 aliphatic carbocycles. The molecule has 0 heterocycles. The number of fused-ring (bicyclic) bond motifs is 1. The molecule has 5 heteroatoms. The summed E-state index contributed by atoms with van der Waals surface area (Å²) in [5.41, 5.74) is 4.16. The first-order chi connectivity index (χ1) is 11.8. The van der Waals surface area contributed by atoms with Crippen LogP contribution in [0.5, 0.6) is 0 Å². The summed E-state index contributed by atoms with van der Waals surface area (Å²) in [5, 5.41) is 10.6. The summed E-state index contributed by atoms with van der Waals surface area (Å²) in [7, 11) is 3.92. The van der Waals surface area contributed by atoms with Crippen LogP contribution in [0.2, 0.25) is 10.0 Å². The second-order valence-electron chi connectivity index (χ2n) is 6.81. The third-order valence-corrected chi connectivity index (χ3v) is 5.30. The Morgan fingerprint density at radius 2 is 1.68 bits per heavy atom. The fourth-order valence-electron chi connectivity index (χ4n) is 3.13. The van der Waals surface area contributed by atoms with Gasteiger partial charge in [-0.15, -0.1) is 5.10 Å². The van der Waals surface area contributed by atoms with E-state index in [1.165, 1.54) is 11.1 Å². The van der Waals surface area contributed by atoms with Crippen molar-refractivity contribution < 1.29 is 0 Å². The van der Waals surface area contributed by atoms with Gasteiger partial charge in [0.05, 0.1) is 5.71 Å². The molecular formula is C20H21Cl2N3. The highest BCUT2D eigenvalue weighted by Crippen LogP contribution is 2.41. The zero-order chi connectivity index (χ0) is 18.2. The van der Waals surface area contributed by atoms with E-state index in [4.69, 9.17) is 23.2 Å². The van der Waals surface area contributed by atoms with Crippen molar-refractivity contribution in [2.45, 2.75) is 25.7 Å². The van der Waals surface area contributed by atoms with Crippen LogP contribution in [0.15, 0.2) is 52.7 Å². The summed E-state index contributed by atoms with van der Waals surface area (Å²) < 4.78 is 0. The zero-order valence-corrected chi connectivity index (χ0v) is 16.4. The van der Waals surface area contributed by atoms with E-state index in [1.54, 1.807) is 0 Å². The van der Waals surface area contributed by atoms with Crippen molar-refractivity contribution in [2.75, 3.05) is 14.1 Å². The van der Waals surface area contributed by atoms with E-state index in [2.05, 4.69) is 29.3 Å². The van der Waals surface area contributed by atoms with Crippen molar-refractivity contribution in [2.24, 2.45) is 10.2 Å². The van der Waals surface area contributed by atoms with E-state index < -0.39 is 0 Å². The zero-order valence-electron chi connectivity index (χ0n) is 14.8. The van der Waals surface area contributed by atoms with Gasteiger partial charge in [-0.25, -0.2) is 0 Å². The van der Waals surface area contributed by atoms with Gasteiger partial charge in [0, 0.05) is 35.1 Å². The van der Waals surface area contributed by atoms with E-state index >= 15 is 0 Å². The van der Waals surface area contributed by atoms with E-state index in [-0.39, 0.29) is 5.41 Å². The summed E-state index contributed by atoms with van der Waals surface area (Å²) in [6, 6.07) is 13.9. The number of amidine groups is 1. The predicted octanol–water partition coefficient (Wildman–Crippen LogP) is 5.19. The summed E-state index contributed by atoms with van der Waals surface area (Å²) in [6.45, 7) is 4.14. The predicted molar refractivity (Wildman–Crippen MR) is 107 cm³/mol. The van der Waals surface area contributed by atoms with Crippen molar-refractivity contribution in [1.82, 2.24) is 4.90 Å². The fourth-order valence-corrected chi connectivity index (χ4v) is 3.45. The molecular weight excluding hydrogens is 353 g/mol. The highest BCUT2D eigenvalue weighted by Gasteiger charge is 2.41. The van der Waals surface area contributed by atoms with Crippen LogP contribution < -0.4 is 0 Å². The number of rotatable bonds is 2. The lowest BCUT2D eigenvalue weighted by atomic mass is 9.78. The van der Waals surface area contributed by atoms with E-state index in [0.717, 1.165) is 33.6 Å². The third kappa shape index (κ3) is 3.44. The molecule has 0 radical (unpaired) electrons. The molecule has 0 saturated heterocycles. The van der Waals surface area contributed by atoms with Gasteiger partial charge in [0.25, 0.3) is 0 Å². The topological polar surface area (TPSA) is 28.0 Å². The average molecular weight is 374 g/mol. The Bertz CT molecular complexity index is 854. The Morgan fingerprint density at radius 1 is 1.04 bits per heavy atom. The third-order valence-electron chi connectivity index (χ3n) is 4.81. The van der Waals surface area contributed by atoms with E-state index in [0.29, 0.717) is 0 Å². The molecule has 3 rings (SSSR count). The SMILES string of the molecule is C/C(=N/N=C1/c2ccc(Cl)cc2CC1(C)c1ccc(Cl)cc1)N(C)C. The lowest BCUT2D eigenvalue weighted by Gasteiger charge is -2.25. The van der Waals surface area contributed by atoms with Gasteiger partial charge in [-0.3, -0.25) is 0 Å². The monoisotopic (exact) mass is 373 g/mol. The largest absolute Gasteiger partial charge is 0.365 e. The Labute approximate surface area is 159 Å². The summed E-state index contributed by atoms with van der Waals surface area (Å²) in [5.74, 6) is 0.855. The Balaban J connectivity index is 2.15. The molecule has 1 aliphatic rings. The van der Waals surface area contributed by atoms with E-state index in [9.17, 15) is 0 Å². The number of halogens is 2. The molecule has 130 valence electrons. The van der Waals surface area contributed by atoms with Gasteiger partial charge in [-0.2, -0.15) is 5.10 Å². The van der Waals surface area contributed by atoms with Gasteiger partial charge in [0.2, 0.25) is 0 Å². The van der Waals surface area contributed by atoms with Crippen molar-refractivity contribution in [1.29, 1.82) is 0 Å². The van der Waals surface area contributed by atoms with Crippen molar-refractivity contribution in [3.05, 3.63) is 69.2 Å². The lowest BCUT2D eigenvalue weighted by Crippen LogP contribution is -2.30. The molecule has 3 nitrogen and oxygen atoms in total. The maximum absolute atomic E-state index is 6.21. The molecule has 0 aromatic heterocycles. The van der Waals surface area contributed by atoms with Crippen LogP contribution in [-0.2, 0) is 11.8 Å². The van der Waals surface area contributed by atoms with Gasteiger partial charge in [-0.05, 0) is 55.7 Å². The summed E-state index contributed by atoms with van der Waals surface area (Å²) in [4.78, 5) is 1.95. The molecule has 2 aromatic rings. The van der Waals surface area contributed by atoms with Crippen LogP contribution >= 0.6 is 23.2 Å². The molecule has 0 spiro atoms. The number of hydrogen-bond acceptors (Lipinski definition) is 2. The van der Waals surface area contributed by atoms with Gasteiger partial charge in [0.1, 0.15) is 5.84 Å². The van der Waals surface area contributed by atoms with Crippen molar-refractivity contribution >= 4 is 34.7 Å². The molecule has 0 N–H and O–H groups in total. The van der Waals surface area contributed by atoms with Gasteiger partial charge < -0.3 is 4.90 Å². The van der Waals surface area contributed by atoms with Crippen LogP contribution in [0.4, 0.5) is 0 Å². The van der Waals surface area contributed by atoms with Gasteiger partial charge in [0.15, 0.2) is 0 Å². The second kappa shape index (κ2) is 6.81. The van der Waals surface area contributed by atoms with Crippen LogP contribution in [0.3, 0.4) is 0 Å². The number of benzene rings is 2. The molecule has 1 atom stereocenters. The van der Waals surface area contributed by atoms with E-state index in [1.807, 2.05) is 56.3 Å². The molecule has 25 heavy (non-hydrogen) atoms. The molecule has 1 unspecified atom stereocenters. The first-order valence-corrected chi connectivity index (χ1v) is 8.92. The highest BCUT2D eigenvalue weighted by molar-refractivity contribution is 6.31. The first-order valence-electron chi connectivity index (χ1n) is 8.16. The van der Waals surface area contributed by atoms with Crippen LogP contribution in [0.1, 0.15) is 30.5 Å². The molecule has 0 bridgehead atoms. The summed E-state index contributed by atoms with van der Waals surface area (Å²) >= 11 is 12.3. The number of nitrogens with zero attached hydrogens (tertiary/aromatic N) is 3. The van der Waals surface area contributed by atoms with Crippen molar-refractivity contribution in [3.8, 4) is 0 Å². The summed E-state index contributed by atoms with van der Waals surface area (Å²) in [6.07, 6.45) is 0.833. The minimum Gasteiger partial charge on any atom is -0.365 e. The van der Waals surface area contributed by atoms with Crippen LogP contribution in [0, 0.1) is 0 Å². The minimum absolute atomic E-state index is 0.270. The Morgan fingerprint density at radius 3 is 2.32 bits per heavy atom. The molecule has 0 aliphatic heterocycles. The second-order valence-corrected chi connectivity index (χ2v) is 7.68. The molecule has 2 aromatic carbocycles. The maximum Gasteiger partial charge on any atom is 0.123 e. The standard InChI is InChI=1S/C20H21Cl2N3/c1-13(25(3)4)23-24-19-18-10-9-17(22)11-14(18)12-20(19,2)15-5-7-16(21)8-6-15/h5-11H,12H2,1-4H3/b23-13-,24-19-. The molecule has 0 saturated carbocycles. The van der Waals surface area contributed by atoms with Gasteiger partial charge in [-0.1, -0.05) is 41.4 Å². The molecule has 0 fully saturated rings. The van der Waals surface area contributed by atoms with Gasteiger partial charge >= 0.3 is 0 Å². The minimum atomic E-state index is -0.270. The average Bonchev–Trinajstić information content (AvgIpc) is 2.84. The van der Waals surface area contributed by atoms with Crippen molar-refractivity contribution in [3.63, 3.8) is 0 Å². The quantitative estimate of drug-likeness (QED) is 0.404. The number of hydrogen-bond donors (Lipinski definition) is 0.